The lowest BCUT2D eigenvalue weighted by atomic mass is 9.87. The van der Waals surface area contributed by atoms with Crippen molar-refractivity contribution < 1.29 is 14.7 Å². The molecule has 0 aliphatic heterocycles. The largest absolute Gasteiger partial charge is 0.393 e. The van der Waals surface area contributed by atoms with Gasteiger partial charge in [0.25, 0.3) is 5.91 Å². The van der Waals surface area contributed by atoms with Crippen LogP contribution in [0.4, 0.5) is 0 Å². The Morgan fingerprint density at radius 2 is 2.09 bits per heavy atom. The van der Waals surface area contributed by atoms with Gasteiger partial charge in [0.05, 0.1) is 6.10 Å². The summed E-state index contributed by atoms with van der Waals surface area (Å²) in [6.07, 6.45) is 4.08. The molecule has 5 heteroatoms. The van der Waals surface area contributed by atoms with Crippen molar-refractivity contribution >= 4 is 11.7 Å². The molecule has 122 valence electrons. The third-order valence-corrected chi connectivity index (χ3v) is 4.53. The van der Waals surface area contributed by atoms with Crippen molar-refractivity contribution in [1.82, 2.24) is 10.3 Å². The van der Waals surface area contributed by atoms with Gasteiger partial charge in [-0.15, -0.1) is 0 Å². The van der Waals surface area contributed by atoms with E-state index < -0.39 is 0 Å². The number of rotatable bonds is 5. The molecule has 1 aromatic rings. The molecule has 0 aromatic carbocycles. The van der Waals surface area contributed by atoms with Gasteiger partial charge in [0.15, 0.2) is 5.78 Å². The highest BCUT2D eigenvalue weighted by Gasteiger charge is 2.24. The molecule has 1 fully saturated rings. The number of ketones is 1. The Kier molecular flexibility index (Phi) is 5.40. The van der Waals surface area contributed by atoms with Crippen molar-refractivity contribution in [3.8, 4) is 0 Å². The van der Waals surface area contributed by atoms with Gasteiger partial charge < -0.3 is 15.4 Å². The van der Waals surface area contributed by atoms with Gasteiger partial charge in [-0.2, -0.15) is 0 Å². The van der Waals surface area contributed by atoms with Crippen LogP contribution in [-0.2, 0) is 6.42 Å². The zero-order valence-corrected chi connectivity index (χ0v) is 13.7. The fourth-order valence-electron chi connectivity index (χ4n) is 3.47. The van der Waals surface area contributed by atoms with Gasteiger partial charge in [0.1, 0.15) is 5.69 Å². The molecular formula is C17H26N2O3. The van der Waals surface area contributed by atoms with E-state index in [0.717, 1.165) is 36.9 Å². The first-order valence-corrected chi connectivity index (χ1v) is 8.12. The Labute approximate surface area is 131 Å². The van der Waals surface area contributed by atoms with Gasteiger partial charge in [-0.05, 0) is 51.0 Å². The zero-order valence-electron chi connectivity index (χ0n) is 13.7. The lowest BCUT2D eigenvalue weighted by Gasteiger charge is -2.25. The molecule has 0 spiro atoms. The molecule has 1 aromatic heterocycles. The van der Waals surface area contributed by atoms with Gasteiger partial charge in [0.2, 0.25) is 0 Å². The quantitative estimate of drug-likeness (QED) is 0.730. The number of carbonyl (C=O) groups is 2. The number of aromatic nitrogens is 1. The van der Waals surface area contributed by atoms with Crippen LogP contribution in [0.3, 0.4) is 0 Å². The smallest absolute Gasteiger partial charge is 0.268 e. The predicted octanol–water partition coefficient (Wildman–Crippen LogP) is 2.37. The highest BCUT2D eigenvalue weighted by molar-refractivity contribution is 6.02. The van der Waals surface area contributed by atoms with Crippen LogP contribution in [-0.4, -0.2) is 34.4 Å². The zero-order chi connectivity index (χ0) is 16.3. The summed E-state index contributed by atoms with van der Waals surface area (Å²) < 4.78 is 0. The number of Topliss-reactive ketones (excluding diaryl/α,β-unsaturated/α-hetero) is 1. The second-order valence-electron chi connectivity index (χ2n) is 6.28. The molecule has 2 unspecified atom stereocenters. The minimum Gasteiger partial charge on any atom is -0.393 e. The Hall–Kier alpha value is -1.62. The Balaban J connectivity index is 2.06. The minimum absolute atomic E-state index is 0.0138. The fraction of sp³-hybridized carbons (Fsp3) is 0.647. The summed E-state index contributed by atoms with van der Waals surface area (Å²) in [5.74, 6) is 0.161. The summed E-state index contributed by atoms with van der Waals surface area (Å²) >= 11 is 0. The van der Waals surface area contributed by atoms with Crippen molar-refractivity contribution in [2.75, 3.05) is 6.54 Å². The van der Waals surface area contributed by atoms with Crippen molar-refractivity contribution in [3.63, 3.8) is 0 Å². The van der Waals surface area contributed by atoms with Gasteiger partial charge in [-0.3, -0.25) is 9.59 Å². The van der Waals surface area contributed by atoms with Crippen LogP contribution in [0.5, 0.6) is 0 Å². The van der Waals surface area contributed by atoms with Crippen LogP contribution in [0.25, 0.3) is 0 Å². The first kappa shape index (κ1) is 16.7. The van der Waals surface area contributed by atoms with E-state index in [2.05, 4.69) is 10.3 Å². The van der Waals surface area contributed by atoms with Crippen molar-refractivity contribution in [2.24, 2.45) is 5.92 Å². The second kappa shape index (κ2) is 7.09. The Morgan fingerprint density at radius 1 is 1.36 bits per heavy atom. The molecule has 1 heterocycles. The lowest BCUT2D eigenvalue weighted by molar-refractivity contribution is 0.0870. The lowest BCUT2D eigenvalue weighted by Crippen LogP contribution is -2.33. The molecule has 2 atom stereocenters. The maximum Gasteiger partial charge on any atom is 0.268 e. The highest BCUT2D eigenvalue weighted by Crippen LogP contribution is 2.24. The van der Waals surface area contributed by atoms with E-state index in [1.165, 1.54) is 6.92 Å². The summed E-state index contributed by atoms with van der Waals surface area (Å²) in [5.41, 5.74) is 2.69. The van der Waals surface area contributed by atoms with Crippen molar-refractivity contribution in [2.45, 2.75) is 59.0 Å². The summed E-state index contributed by atoms with van der Waals surface area (Å²) in [5, 5.41) is 12.6. The molecule has 5 nitrogen and oxygen atoms in total. The van der Waals surface area contributed by atoms with E-state index in [4.69, 9.17) is 0 Å². The standard InChI is InChI=1S/C17H26N2O3/c1-4-14-15(11(3)20)10(2)19-16(14)17(22)18-9-12-6-5-7-13(21)8-12/h12-13,19,21H,4-9H2,1-3H3,(H,18,22). The number of carbonyl (C=O) groups excluding carboxylic acids is 2. The average molecular weight is 306 g/mol. The van der Waals surface area contributed by atoms with Crippen LogP contribution < -0.4 is 5.32 Å². The number of H-pyrrole nitrogens is 1. The van der Waals surface area contributed by atoms with E-state index in [-0.39, 0.29) is 17.8 Å². The van der Waals surface area contributed by atoms with Crippen LogP contribution >= 0.6 is 0 Å². The van der Waals surface area contributed by atoms with Crippen molar-refractivity contribution in [1.29, 1.82) is 0 Å². The second-order valence-corrected chi connectivity index (χ2v) is 6.28. The molecule has 3 N–H and O–H groups in total. The number of hydrogen-bond donors (Lipinski definition) is 3. The number of aliphatic hydroxyl groups is 1. The van der Waals surface area contributed by atoms with Gasteiger partial charge in [0, 0.05) is 17.8 Å². The molecule has 1 aliphatic rings. The third-order valence-electron chi connectivity index (χ3n) is 4.53. The normalized spacial score (nSPS) is 21.6. The number of aromatic amines is 1. The fourth-order valence-corrected chi connectivity index (χ4v) is 3.47. The number of aliphatic hydroxyl groups excluding tert-OH is 1. The van der Waals surface area contributed by atoms with Gasteiger partial charge in [-0.25, -0.2) is 0 Å². The van der Waals surface area contributed by atoms with Crippen LogP contribution in [0.15, 0.2) is 0 Å². The molecule has 0 radical (unpaired) electrons. The average Bonchev–Trinajstić information content (AvgIpc) is 2.81. The number of nitrogens with one attached hydrogen (secondary N) is 2. The van der Waals surface area contributed by atoms with E-state index in [9.17, 15) is 14.7 Å². The molecule has 1 saturated carbocycles. The highest BCUT2D eigenvalue weighted by atomic mass is 16.3. The van der Waals surface area contributed by atoms with Gasteiger partial charge in [-0.1, -0.05) is 13.3 Å². The maximum atomic E-state index is 12.4. The Morgan fingerprint density at radius 3 is 2.68 bits per heavy atom. The van der Waals surface area contributed by atoms with Gasteiger partial charge >= 0.3 is 0 Å². The molecule has 1 amide bonds. The van der Waals surface area contributed by atoms with Crippen LogP contribution in [0.2, 0.25) is 0 Å². The molecule has 0 saturated heterocycles. The first-order valence-electron chi connectivity index (χ1n) is 8.12. The van der Waals surface area contributed by atoms with Crippen molar-refractivity contribution in [3.05, 3.63) is 22.5 Å². The molecule has 2 rings (SSSR count). The molecule has 22 heavy (non-hydrogen) atoms. The number of aryl methyl sites for hydroxylation is 1. The van der Waals surface area contributed by atoms with E-state index >= 15 is 0 Å². The molecular weight excluding hydrogens is 280 g/mol. The molecule has 0 bridgehead atoms. The SMILES string of the molecule is CCc1c(C(=O)NCC2CCCC(O)C2)[nH]c(C)c1C(C)=O. The topological polar surface area (TPSA) is 82.2 Å². The minimum atomic E-state index is -0.237. The number of hydrogen-bond acceptors (Lipinski definition) is 3. The summed E-state index contributed by atoms with van der Waals surface area (Å²) in [6, 6.07) is 0. The van der Waals surface area contributed by atoms with E-state index in [1.54, 1.807) is 0 Å². The molecule has 1 aliphatic carbocycles. The summed E-state index contributed by atoms with van der Waals surface area (Å²) in [6.45, 7) is 5.88. The summed E-state index contributed by atoms with van der Waals surface area (Å²) in [4.78, 5) is 27.2. The first-order chi connectivity index (χ1) is 10.4. The third kappa shape index (κ3) is 3.58. The van der Waals surface area contributed by atoms with E-state index in [0.29, 0.717) is 30.1 Å². The summed E-state index contributed by atoms with van der Waals surface area (Å²) in [7, 11) is 0. The van der Waals surface area contributed by atoms with Crippen LogP contribution in [0, 0.1) is 12.8 Å². The van der Waals surface area contributed by atoms with E-state index in [1.807, 2.05) is 13.8 Å². The monoisotopic (exact) mass is 306 g/mol. The Bertz CT molecular complexity index is 562. The predicted molar refractivity (Wildman–Crippen MR) is 85.2 cm³/mol. The number of amides is 1. The van der Waals surface area contributed by atoms with Crippen LogP contribution in [0.1, 0.15) is 71.6 Å². The maximum absolute atomic E-state index is 12.4.